The van der Waals surface area contributed by atoms with E-state index in [9.17, 15) is 18.4 Å². The van der Waals surface area contributed by atoms with Gasteiger partial charge in [-0.05, 0) is 26.2 Å². The van der Waals surface area contributed by atoms with Gasteiger partial charge < -0.3 is 15.2 Å². The number of amides is 1. The number of hydrogen-bond acceptors (Lipinski definition) is 3. The summed E-state index contributed by atoms with van der Waals surface area (Å²) in [5.41, 5.74) is 0. The number of alkyl halides is 2. The summed E-state index contributed by atoms with van der Waals surface area (Å²) in [6.45, 7) is 1.95. The van der Waals surface area contributed by atoms with E-state index in [1.807, 2.05) is 6.92 Å². The summed E-state index contributed by atoms with van der Waals surface area (Å²) < 4.78 is 29.8. The second-order valence-electron chi connectivity index (χ2n) is 4.77. The maximum atomic E-state index is 12.1. The largest absolute Gasteiger partial charge is 0.480 e. The van der Waals surface area contributed by atoms with Gasteiger partial charge in [0.05, 0.1) is 12.2 Å². The van der Waals surface area contributed by atoms with Gasteiger partial charge in [-0.1, -0.05) is 0 Å². The van der Waals surface area contributed by atoms with Gasteiger partial charge in [0, 0.05) is 12.8 Å². The van der Waals surface area contributed by atoms with Gasteiger partial charge in [0.25, 0.3) is 0 Å². The molecule has 7 heteroatoms. The summed E-state index contributed by atoms with van der Waals surface area (Å²) >= 11 is 0. The Kier molecular flexibility index (Phi) is 6.14. The molecule has 0 aliphatic carbocycles. The highest BCUT2D eigenvalue weighted by molar-refractivity contribution is 5.83. The number of carboxylic acids is 1. The SMILES string of the molecule is CC1CCC(CCC(=O)NC(CC(F)F)C(=O)O)O1. The van der Waals surface area contributed by atoms with E-state index in [-0.39, 0.29) is 18.6 Å². The minimum atomic E-state index is -2.76. The summed E-state index contributed by atoms with van der Waals surface area (Å²) in [7, 11) is 0. The summed E-state index contributed by atoms with van der Waals surface area (Å²) in [5, 5.41) is 10.8. The predicted octanol–water partition coefficient (Wildman–Crippen LogP) is 1.56. The predicted molar refractivity (Wildman–Crippen MR) is 63.0 cm³/mol. The molecule has 0 spiro atoms. The van der Waals surface area contributed by atoms with E-state index in [0.29, 0.717) is 6.42 Å². The highest BCUT2D eigenvalue weighted by Crippen LogP contribution is 2.22. The number of ether oxygens (including phenoxy) is 1. The maximum Gasteiger partial charge on any atom is 0.326 e. The van der Waals surface area contributed by atoms with Crippen molar-refractivity contribution in [2.24, 2.45) is 0 Å². The molecule has 0 aromatic carbocycles. The van der Waals surface area contributed by atoms with Gasteiger partial charge in [-0.2, -0.15) is 0 Å². The molecule has 0 bridgehead atoms. The Morgan fingerprint density at radius 2 is 2.11 bits per heavy atom. The molecule has 0 aromatic rings. The molecular formula is C12H19F2NO4. The van der Waals surface area contributed by atoms with Crippen molar-refractivity contribution in [1.29, 1.82) is 0 Å². The van der Waals surface area contributed by atoms with Crippen molar-refractivity contribution in [1.82, 2.24) is 5.32 Å². The zero-order valence-electron chi connectivity index (χ0n) is 10.8. The Bertz CT molecular complexity index is 325. The van der Waals surface area contributed by atoms with Crippen LogP contribution in [0, 0.1) is 0 Å². The van der Waals surface area contributed by atoms with Gasteiger partial charge >= 0.3 is 5.97 Å². The number of aliphatic carboxylic acids is 1. The highest BCUT2D eigenvalue weighted by Gasteiger charge is 2.26. The molecule has 3 atom stereocenters. The lowest BCUT2D eigenvalue weighted by atomic mass is 10.1. The van der Waals surface area contributed by atoms with Crippen LogP contribution < -0.4 is 5.32 Å². The van der Waals surface area contributed by atoms with Crippen molar-refractivity contribution in [3.8, 4) is 0 Å². The third-order valence-corrected chi connectivity index (χ3v) is 3.06. The fraction of sp³-hybridized carbons (Fsp3) is 0.833. The molecule has 1 aliphatic heterocycles. The zero-order chi connectivity index (χ0) is 14.4. The molecule has 1 fully saturated rings. The molecule has 110 valence electrons. The van der Waals surface area contributed by atoms with E-state index in [0.717, 1.165) is 12.8 Å². The Morgan fingerprint density at radius 3 is 2.58 bits per heavy atom. The second-order valence-corrected chi connectivity index (χ2v) is 4.77. The molecule has 1 saturated heterocycles. The normalized spacial score (nSPS) is 24.4. The van der Waals surface area contributed by atoms with E-state index in [4.69, 9.17) is 9.84 Å². The minimum Gasteiger partial charge on any atom is -0.480 e. The van der Waals surface area contributed by atoms with Crippen molar-refractivity contribution in [2.45, 2.75) is 63.7 Å². The summed E-state index contributed by atoms with van der Waals surface area (Å²) in [4.78, 5) is 22.2. The van der Waals surface area contributed by atoms with Crippen LogP contribution in [0.3, 0.4) is 0 Å². The first-order chi connectivity index (χ1) is 8.88. The lowest BCUT2D eigenvalue weighted by Crippen LogP contribution is -2.42. The number of rotatable bonds is 7. The van der Waals surface area contributed by atoms with Crippen LogP contribution in [-0.2, 0) is 14.3 Å². The van der Waals surface area contributed by atoms with Crippen LogP contribution in [0.4, 0.5) is 8.78 Å². The van der Waals surface area contributed by atoms with Gasteiger partial charge in [0.1, 0.15) is 6.04 Å². The maximum absolute atomic E-state index is 12.1. The van der Waals surface area contributed by atoms with Crippen molar-refractivity contribution in [3.63, 3.8) is 0 Å². The number of nitrogens with one attached hydrogen (secondary N) is 1. The van der Waals surface area contributed by atoms with Gasteiger partial charge in [0.15, 0.2) is 0 Å². The average Bonchev–Trinajstić information content (AvgIpc) is 2.71. The summed E-state index contributed by atoms with van der Waals surface area (Å²) in [6.07, 6.45) is -1.08. The first kappa shape index (κ1) is 15.8. The Labute approximate surface area is 110 Å². The van der Waals surface area contributed by atoms with E-state index >= 15 is 0 Å². The smallest absolute Gasteiger partial charge is 0.326 e. The fourth-order valence-corrected chi connectivity index (χ4v) is 2.06. The van der Waals surface area contributed by atoms with Crippen molar-refractivity contribution in [2.75, 3.05) is 0 Å². The quantitative estimate of drug-likeness (QED) is 0.741. The van der Waals surface area contributed by atoms with Crippen LogP contribution in [-0.4, -0.2) is 41.7 Å². The molecular weight excluding hydrogens is 260 g/mol. The van der Waals surface area contributed by atoms with Crippen LogP contribution in [0.15, 0.2) is 0 Å². The molecule has 3 unspecified atom stereocenters. The van der Waals surface area contributed by atoms with Crippen LogP contribution in [0.5, 0.6) is 0 Å². The lowest BCUT2D eigenvalue weighted by molar-refractivity contribution is -0.143. The standard InChI is InChI=1S/C12H19F2NO4/c1-7-2-3-8(19-7)4-5-11(16)15-9(12(17)18)6-10(13)14/h7-10H,2-6H2,1H3,(H,15,16)(H,17,18). The van der Waals surface area contributed by atoms with E-state index < -0.39 is 30.8 Å². The van der Waals surface area contributed by atoms with Crippen molar-refractivity contribution < 1.29 is 28.2 Å². The van der Waals surface area contributed by atoms with Crippen molar-refractivity contribution >= 4 is 11.9 Å². The molecule has 0 saturated carbocycles. The summed E-state index contributed by atoms with van der Waals surface area (Å²) in [6, 6.07) is -1.53. The van der Waals surface area contributed by atoms with E-state index in [1.165, 1.54) is 0 Å². The molecule has 1 heterocycles. The number of carbonyl (C=O) groups is 2. The molecule has 0 radical (unpaired) electrons. The van der Waals surface area contributed by atoms with E-state index in [2.05, 4.69) is 5.32 Å². The van der Waals surface area contributed by atoms with E-state index in [1.54, 1.807) is 0 Å². The minimum absolute atomic E-state index is 0.000809. The number of hydrogen-bond donors (Lipinski definition) is 2. The molecule has 5 nitrogen and oxygen atoms in total. The van der Waals surface area contributed by atoms with Gasteiger partial charge in [-0.3, -0.25) is 4.79 Å². The summed E-state index contributed by atoms with van der Waals surface area (Å²) in [5.74, 6) is -1.98. The Balaban J connectivity index is 2.30. The van der Waals surface area contributed by atoms with Gasteiger partial charge in [-0.15, -0.1) is 0 Å². The zero-order valence-corrected chi connectivity index (χ0v) is 10.8. The molecule has 19 heavy (non-hydrogen) atoms. The third-order valence-electron chi connectivity index (χ3n) is 3.06. The first-order valence-electron chi connectivity index (χ1n) is 6.34. The van der Waals surface area contributed by atoms with Gasteiger partial charge in [0.2, 0.25) is 12.3 Å². The number of halogens is 2. The molecule has 2 N–H and O–H groups in total. The monoisotopic (exact) mass is 279 g/mol. The molecule has 1 amide bonds. The van der Waals surface area contributed by atoms with Crippen LogP contribution in [0.2, 0.25) is 0 Å². The Morgan fingerprint density at radius 1 is 1.42 bits per heavy atom. The molecule has 1 rings (SSSR count). The third kappa shape index (κ3) is 5.96. The first-order valence-corrected chi connectivity index (χ1v) is 6.34. The topological polar surface area (TPSA) is 75.6 Å². The Hall–Kier alpha value is -1.24. The lowest BCUT2D eigenvalue weighted by Gasteiger charge is -2.15. The molecule has 1 aliphatic rings. The van der Waals surface area contributed by atoms with Gasteiger partial charge in [-0.25, -0.2) is 13.6 Å². The van der Waals surface area contributed by atoms with Crippen LogP contribution in [0.1, 0.15) is 39.0 Å². The van der Waals surface area contributed by atoms with Crippen molar-refractivity contribution in [3.05, 3.63) is 0 Å². The van der Waals surface area contributed by atoms with Crippen LogP contribution in [0.25, 0.3) is 0 Å². The van der Waals surface area contributed by atoms with Crippen LogP contribution >= 0.6 is 0 Å². The second kappa shape index (κ2) is 7.37. The number of carbonyl (C=O) groups excluding carboxylic acids is 1. The highest BCUT2D eigenvalue weighted by atomic mass is 19.3. The molecule has 0 aromatic heterocycles. The number of carboxylic acid groups (broad SMARTS) is 1. The fourth-order valence-electron chi connectivity index (χ4n) is 2.06. The average molecular weight is 279 g/mol.